The first-order valence-electron chi connectivity index (χ1n) is 6.05. The van der Waals surface area contributed by atoms with Crippen LogP contribution in [0.3, 0.4) is 0 Å². The van der Waals surface area contributed by atoms with Crippen LogP contribution in [0.1, 0.15) is 32.6 Å². The molecule has 1 aliphatic carbocycles. The number of hydrogen-bond acceptors (Lipinski definition) is 2. The number of hydrogen-bond donors (Lipinski definition) is 1. The van der Waals surface area contributed by atoms with Gasteiger partial charge in [0.15, 0.2) is 0 Å². The second-order valence-electron chi connectivity index (χ2n) is 4.69. The highest BCUT2D eigenvalue weighted by atomic mass is 15.3. The fourth-order valence-corrected chi connectivity index (χ4v) is 2.37. The summed E-state index contributed by atoms with van der Waals surface area (Å²) in [5.41, 5.74) is 0. The molecule has 1 saturated carbocycles. The largest absolute Gasteiger partial charge is 0.314 e. The quantitative estimate of drug-likeness (QED) is 0.749. The molecule has 0 spiro atoms. The van der Waals surface area contributed by atoms with Gasteiger partial charge in [0.2, 0.25) is 0 Å². The number of aryl methyl sites for hydroxylation is 1. The summed E-state index contributed by atoms with van der Waals surface area (Å²) in [6.07, 6.45) is 9.16. The normalized spacial score (nSPS) is 25.9. The first-order chi connectivity index (χ1) is 7.34. The smallest absolute Gasteiger partial charge is 0.0489 e. The Morgan fingerprint density at radius 1 is 1.47 bits per heavy atom. The van der Waals surface area contributed by atoms with Crippen molar-refractivity contribution in [2.75, 3.05) is 6.54 Å². The summed E-state index contributed by atoms with van der Waals surface area (Å²) in [7, 11) is 0. The van der Waals surface area contributed by atoms with Crippen LogP contribution < -0.4 is 5.32 Å². The molecule has 0 aromatic carbocycles. The minimum absolute atomic E-state index is 0.776. The molecule has 2 unspecified atom stereocenters. The molecule has 1 heterocycles. The van der Waals surface area contributed by atoms with Crippen molar-refractivity contribution in [3.8, 4) is 0 Å². The predicted octanol–water partition coefficient (Wildman–Crippen LogP) is 2.05. The van der Waals surface area contributed by atoms with Crippen molar-refractivity contribution >= 4 is 0 Å². The lowest BCUT2D eigenvalue weighted by molar-refractivity contribution is 0.472. The van der Waals surface area contributed by atoms with Gasteiger partial charge < -0.3 is 5.32 Å². The van der Waals surface area contributed by atoms with Crippen LogP contribution in [-0.4, -0.2) is 22.4 Å². The molecule has 0 aliphatic heterocycles. The highest BCUT2D eigenvalue weighted by molar-refractivity contribution is 4.79. The van der Waals surface area contributed by atoms with Gasteiger partial charge in [-0.1, -0.05) is 6.92 Å². The standard InChI is InChI=1S/C12H21N3/c1-11-4-5-12(10-11)13-6-2-8-15-9-3-7-14-15/h3,7,9,11-13H,2,4-6,8,10H2,1H3. The van der Waals surface area contributed by atoms with E-state index in [9.17, 15) is 0 Å². The van der Waals surface area contributed by atoms with Gasteiger partial charge in [0.05, 0.1) is 0 Å². The molecule has 2 rings (SSSR count). The zero-order valence-corrected chi connectivity index (χ0v) is 9.52. The Hall–Kier alpha value is -0.830. The van der Waals surface area contributed by atoms with Crippen LogP contribution >= 0.6 is 0 Å². The van der Waals surface area contributed by atoms with Crippen LogP contribution in [0.4, 0.5) is 0 Å². The number of nitrogens with one attached hydrogen (secondary N) is 1. The van der Waals surface area contributed by atoms with E-state index in [1.807, 2.05) is 23.1 Å². The monoisotopic (exact) mass is 207 g/mol. The van der Waals surface area contributed by atoms with E-state index in [0.29, 0.717) is 0 Å². The Morgan fingerprint density at radius 3 is 3.07 bits per heavy atom. The highest BCUT2D eigenvalue weighted by Crippen LogP contribution is 2.24. The molecule has 3 heteroatoms. The predicted molar refractivity (Wildman–Crippen MR) is 61.6 cm³/mol. The SMILES string of the molecule is CC1CCC(NCCCn2cccn2)C1. The molecular formula is C12H21N3. The van der Waals surface area contributed by atoms with Gasteiger partial charge in [-0.25, -0.2) is 0 Å². The van der Waals surface area contributed by atoms with Crippen LogP contribution in [0.2, 0.25) is 0 Å². The molecule has 2 atom stereocenters. The van der Waals surface area contributed by atoms with E-state index in [-0.39, 0.29) is 0 Å². The summed E-state index contributed by atoms with van der Waals surface area (Å²) < 4.78 is 2.00. The van der Waals surface area contributed by atoms with Gasteiger partial charge in [-0.2, -0.15) is 5.10 Å². The van der Waals surface area contributed by atoms with Crippen molar-refractivity contribution in [3.05, 3.63) is 18.5 Å². The summed E-state index contributed by atoms with van der Waals surface area (Å²) in [6, 6.07) is 2.75. The zero-order chi connectivity index (χ0) is 10.5. The van der Waals surface area contributed by atoms with Gasteiger partial charge in [-0.3, -0.25) is 4.68 Å². The molecule has 0 radical (unpaired) electrons. The minimum Gasteiger partial charge on any atom is -0.314 e. The summed E-state index contributed by atoms with van der Waals surface area (Å²) in [6.45, 7) is 4.50. The Labute approximate surface area is 91.9 Å². The molecule has 0 amide bonds. The Kier molecular flexibility index (Phi) is 3.78. The number of nitrogens with zero attached hydrogens (tertiary/aromatic N) is 2. The van der Waals surface area contributed by atoms with Gasteiger partial charge in [0, 0.05) is 25.0 Å². The molecule has 84 valence electrons. The molecule has 0 bridgehead atoms. The van der Waals surface area contributed by atoms with Crippen molar-refractivity contribution < 1.29 is 0 Å². The Morgan fingerprint density at radius 2 is 2.40 bits per heavy atom. The Bertz CT molecular complexity index is 268. The van der Waals surface area contributed by atoms with Gasteiger partial charge in [-0.15, -0.1) is 0 Å². The molecule has 1 aromatic heterocycles. The highest BCUT2D eigenvalue weighted by Gasteiger charge is 2.19. The maximum absolute atomic E-state index is 4.19. The molecule has 1 fully saturated rings. The topological polar surface area (TPSA) is 29.9 Å². The number of aromatic nitrogens is 2. The maximum Gasteiger partial charge on any atom is 0.0489 e. The molecule has 0 saturated heterocycles. The molecule has 1 aliphatic rings. The fraction of sp³-hybridized carbons (Fsp3) is 0.750. The van der Waals surface area contributed by atoms with Crippen molar-refractivity contribution in [2.45, 2.75) is 45.2 Å². The van der Waals surface area contributed by atoms with Crippen molar-refractivity contribution in [1.82, 2.24) is 15.1 Å². The lowest BCUT2D eigenvalue weighted by atomic mass is 10.1. The van der Waals surface area contributed by atoms with Gasteiger partial charge in [0.1, 0.15) is 0 Å². The van der Waals surface area contributed by atoms with Gasteiger partial charge >= 0.3 is 0 Å². The van der Waals surface area contributed by atoms with E-state index in [1.165, 1.54) is 25.7 Å². The second-order valence-corrected chi connectivity index (χ2v) is 4.69. The zero-order valence-electron chi connectivity index (χ0n) is 9.52. The van der Waals surface area contributed by atoms with E-state index in [4.69, 9.17) is 0 Å². The van der Waals surface area contributed by atoms with Crippen LogP contribution in [-0.2, 0) is 6.54 Å². The van der Waals surface area contributed by atoms with E-state index in [2.05, 4.69) is 17.3 Å². The summed E-state index contributed by atoms with van der Waals surface area (Å²) >= 11 is 0. The van der Waals surface area contributed by atoms with Gasteiger partial charge in [0.25, 0.3) is 0 Å². The van der Waals surface area contributed by atoms with Crippen LogP contribution in [0.25, 0.3) is 0 Å². The van der Waals surface area contributed by atoms with E-state index in [0.717, 1.165) is 25.0 Å². The van der Waals surface area contributed by atoms with E-state index in [1.54, 1.807) is 0 Å². The summed E-state index contributed by atoms with van der Waals surface area (Å²) in [5, 5.41) is 7.82. The average molecular weight is 207 g/mol. The van der Waals surface area contributed by atoms with Crippen LogP contribution in [0.5, 0.6) is 0 Å². The van der Waals surface area contributed by atoms with E-state index >= 15 is 0 Å². The van der Waals surface area contributed by atoms with Crippen LogP contribution in [0.15, 0.2) is 18.5 Å². The molecule has 3 nitrogen and oxygen atoms in total. The third kappa shape index (κ3) is 3.34. The molecule has 15 heavy (non-hydrogen) atoms. The first kappa shape index (κ1) is 10.7. The second kappa shape index (κ2) is 5.31. The van der Waals surface area contributed by atoms with Crippen molar-refractivity contribution in [1.29, 1.82) is 0 Å². The lowest BCUT2D eigenvalue weighted by Gasteiger charge is -2.11. The Balaban J connectivity index is 1.55. The first-order valence-corrected chi connectivity index (χ1v) is 6.05. The minimum atomic E-state index is 0.776. The van der Waals surface area contributed by atoms with Crippen molar-refractivity contribution in [2.24, 2.45) is 5.92 Å². The summed E-state index contributed by atoms with van der Waals surface area (Å²) in [5.74, 6) is 0.925. The average Bonchev–Trinajstić information content (AvgIpc) is 2.84. The molecule has 1 aromatic rings. The summed E-state index contributed by atoms with van der Waals surface area (Å²) in [4.78, 5) is 0. The van der Waals surface area contributed by atoms with E-state index < -0.39 is 0 Å². The van der Waals surface area contributed by atoms with Crippen LogP contribution in [0, 0.1) is 5.92 Å². The third-order valence-electron chi connectivity index (χ3n) is 3.25. The third-order valence-corrected chi connectivity index (χ3v) is 3.25. The lowest BCUT2D eigenvalue weighted by Crippen LogP contribution is -2.28. The fourth-order valence-electron chi connectivity index (χ4n) is 2.37. The van der Waals surface area contributed by atoms with Crippen molar-refractivity contribution in [3.63, 3.8) is 0 Å². The molecular weight excluding hydrogens is 186 g/mol. The van der Waals surface area contributed by atoms with Gasteiger partial charge in [-0.05, 0) is 44.2 Å². The molecule has 1 N–H and O–H groups in total. The number of rotatable bonds is 5. The maximum atomic E-state index is 4.19.